The third kappa shape index (κ3) is 2.68. The molecule has 1 aliphatic rings. The van der Waals surface area contributed by atoms with Crippen molar-refractivity contribution >= 4 is 11.8 Å². The molecule has 2 aromatic heterocycles. The maximum absolute atomic E-state index is 13.0. The largest absolute Gasteiger partial charge is 0.338 e. The highest BCUT2D eigenvalue weighted by Crippen LogP contribution is 2.28. The maximum atomic E-state index is 13.0. The Kier molecular flexibility index (Phi) is 3.60. The number of fused-ring (bicyclic) bond motifs is 1. The van der Waals surface area contributed by atoms with Crippen molar-refractivity contribution in [1.82, 2.24) is 15.4 Å². The van der Waals surface area contributed by atoms with Gasteiger partial charge in [-0.15, -0.1) is 0 Å². The molecule has 1 aliphatic carbocycles. The number of benzene rings is 1. The molecule has 0 bridgehead atoms. The number of rotatable bonds is 3. The van der Waals surface area contributed by atoms with Crippen molar-refractivity contribution in [3.63, 3.8) is 0 Å². The zero-order valence-corrected chi connectivity index (χ0v) is 12.8. The van der Waals surface area contributed by atoms with Crippen molar-refractivity contribution in [2.75, 3.05) is 5.32 Å². The van der Waals surface area contributed by atoms with Gasteiger partial charge in [0.2, 0.25) is 5.88 Å². The Hall–Kier alpha value is -2.96. The fraction of sp³-hybridized carbons (Fsp3) is 0.235. The lowest BCUT2D eigenvalue weighted by Gasteiger charge is -2.09. The molecule has 3 aromatic rings. The topological polar surface area (TPSA) is 83.8 Å². The molecule has 122 valence electrons. The molecular weight excluding hydrogens is 311 g/mol. The van der Waals surface area contributed by atoms with Crippen molar-refractivity contribution in [3.05, 3.63) is 53.1 Å². The number of aryl methyl sites for hydroxylation is 1. The van der Waals surface area contributed by atoms with Gasteiger partial charge in [-0.2, -0.15) is 5.10 Å². The number of aromatic amines is 1. The van der Waals surface area contributed by atoms with Crippen LogP contribution in [0.4, 0.5) is 10.3 Å². The van der Waals surface area contributed by atoms with Crippen LogP contribution in [0.25, 0.3) is 11.3 Å². The number of nitrogens with zero attached hydrogens (tertiary/aromatic N) is 2. The molecule has 0 saturated heterocycles. The first-order valence-electron chi connectivity index (χ1n) is 7.81. The second kappa shape index (κ2) is 5.92. The summed E-state index contributed by atoms with van der Waals surface area (Å²) in [7, 11) is 0. The van der Waals surface area contributed by atoms with Crippen LogP contribution in [-0.2, 0) is 12.8 Å². The summed E-state index contributed by atoms with van der Waals surface area (Å²) in [5.41, 5.74) is 3.50. The number of amides is 1. The number of anilines is 1. The lowest BCUT2D eigenvalue weighted by molar-refractivity contribution is 0.101. The van der Waals surface area contributed by atoms with E-state index in [1.54, 1.807) is 18.2 Å². The van der Waals surface area contributed by atoms with Gasteiger partial charge < -0.3 is 4.52 Å². The molecule has 0 saturated carbocycles. The number of hydrogen-bond acceptors (Lipinski definition) is 4. The average molecular weight is 326 g/mol. The van der Waals surface area contributed by atoms with Crippen LogP contribution in [0, 0.1) is 5.82 Å². The van der Waals surface area contributed by atoms with Gasteiger partial charge in [0, 0.05) is 11.1 Å². The number of H-pyrrole nitrogens is 1. The van der Waals surface area contributed by atoms with Gasteiger partial charge in [0.25, 0.3) is 5.91 Å². The SMILES string of the molecule is O=C(Nc1onc2c1CCCC2)c1cc(-c2ccc(F)cc2)n[nH]1. The van der Waals surface area contributed by atoms with E-state index in [-0.39, 0.29) is 11.7 Å². The van der Waals surface area contributed by atoms with Crippen LogP contribution in [0.3, 0.4) is 0 Å². The molecular formula is C17H15FN4O2. The maximum Gasteiger partial charge on any atom is 0.276 e. The molecule has 6 nitrogen and oxygen atoms in total. The molecule has 0 fully saturated rings. The minimum atomic E-state index is -0.347. The summed E-state index contributed by atoms with van der Waals surface area (Å²) in [4.78, 5) is 12.4. The molecule has 4 rings (SSSR count). The molecule has 1 amide bonds. The third-order valence-corrected chi connectivity index (χ3v) is 4.15. The van der Waals surface area contributed by atoms with Gasteiger partial charge in [-0.1, -0.05) is 5.16 Å². The van der Waals surface area contributed by atoms with Crippen LogP contribution in [0.1, 0.15) is 34.6 Å². The summed E-state index contributed by atoms with van der Waals surface area (Å²) in [5, 5.41) is 13.5. The van der Waals surface area contributed by atoms with E-state index in [2.05, 4.69) is 20.7 Å². The number of carbonyl (C=O) groups is 1. The van der Waals surface area contributed by atoms with E-state index in [1.807, 2.05) is 0 Å². The lowest BCUT2D eigenvalue weighted by atomic mass is 9.98. The summed E-state index contributed by atoms with van der Waals surface area (Å²) in [6.07, 6.45) is 3.90. The van der Waals surface area contributed by atoms with Crippen molar-refractivity contribution < 1.29 is 13.7 Å². The first-order valence-corrected chi connectivity index (χ1v) is 7.81. The van der Waals surface area contributed by atoms with Crippen LogP contribution >= 0.6 is 0 Å². The lowest BCUT2D eigenvalue weighted by Crippen LogP contribution is -2.14. The van der Waals surface area contributed by atoms with Gasteiger partial charge >= 0.3 is 0 Å². The second-order valence-electron chi connectivity index (χ2n) is 5.77. The van der Waals surface area contributed by atoms with E-state index in [1.165, 1.54) is 12.1 Å². The highest BCUT2D eigenvalue weighted by molar-refractivity contribution is 6.03. The normalized spacial score (nSPS) is 13.5. The van der Waals surface area contributed by atoms with Gasteiger partial charge in [-0.25, -0.2) is 4.39 Å². The number of nitrogens with one attached hydrogen (secondary N) is 2. The first-order chi connectivity index (χ1) is 11.7. The standard InChI is InChI=1S/C17H15FN4O2/c18-11-7-5-10(6-8-11)14-9-15(21-20-14)16(23)19-17-12-3-1-2-4-13(12)22-24-17/h5-9H,1-4H2,(H,19,23)(H,20,21). The molecule has 7 heteroatoms. The summed E-state index contributed by atoms with van der Waals surface area (Å²) in [6, 6.07) is 7.54. The van der Waals surface area contributed by atoms with Crippen molar-refractivity contribution in [1.29, 1.82) is 0 Å². The Morgan fingerprint density at radius 1 is 1.21 bits per heavy atom. The number of halogens is 1. The minimum Gasteiger partial charge on any atom is -0.338 e. The number of aromatic nitrogens is 3. The van der Waals surface area contributed by atoms with E-state index < -0.39 is 0 Å². The molecule has 2 heterocycles. The molecule has 0 atom stereocenters. The zero-order valence-electron chi connectivity index (χ0n) is 12.8. The molecule has 24 heavy (non-hydrogen) atoms. The van der Waals surface area contributed by atoms with Crippen molar-refractivity contribution in [2.24, 2.45) is 0 Å². The van der Waals surface area contributed by atoms with Gasteiger partial charge in [0.1, 0.15) is 11.5 Å². The quantitative estimate of drug-likeness (QED) is 0.773. The highest BCUT2D eigenvalue weighted by atomic mass is 19.1. The van der Waals surface area contributed by atoms with Gasteiger partial charge in [0.15, 0.2) is 0 Å². The predicted molar refractivity (Wildman–Crippen MR) is 85.1 cm³/mol. The van der Waals surface area contributed by atoms with Gasteiger partial charge in [-0.05, 0) is 56.0 Å². The predicted octanol–water partition coefficient (Wildman–Crippen LogP) is 3.33. The molecule has 2 N–H and O–H groups in total. The Labute approximate surface area is 137 Å². The molecule has 0 unspecified atom stereocenters. The van der Waals surface area contributed by atoms with Crippen LogP contribution in [0.2, 0.25) is 0 Å². The van der Waals surface area contributed by atoms with E-state index in [9.17, 15) is 9.18 Å². The summed E-state index contributed by atoms with van der Waals surface area (Å²) in [5.74, 6) is -0.254. The smallest absolute Gasteiger partial charge is 0.276 e. The second-order valence-corrected chi connectivity index (χ2v) is 5.77. The fourth-order valence-electron chi connectivity index (χ4n) is 2.87. The van der Waals surface area contributed by atoms with Crippen LogP contribution in [-0.4, -0.2) is 21.3 Å². The zero-order chi connectivity index (χ0) is 16.5. The first kappa shape index (κ1) is 14.6. The van der Waals surface area contributed by atoms with E-state index in [0.29, 0.717) is 17.3 Å². The Bertz CT molecular complexity index is 882. The van der Waals surface area contributed by atoms with Crippen LogP contribution in [0.5, 0.6) is 0 Å². The minimum absolute atomic E-state index is 0.301. The fourth-order valence-corrected chi connectivity index (χ4v) is 2.87. The average Bonchev–Trinajstić information content (AvgIpc) is 3.23. The summed E-state index contributed by atoms with van der Waals surface area (Å²) in [6.45, 7) is 0. The molecule has 0 aliphatic heterocycles. The van der Waals surface area contributed by atoms with Gasteiger partial charge in [0.05, 0.1) is 11.4 Å². The highest BCUT2D eigenvalue weighted by Gasteiger charge is 2.22. The van der Waals surface area contributed by atoms with Crippen LogP contribution < -0.4 is 5.32 Å². The van der Waals surface area contributed by atoms with E-state index in [4.69, 9.17) is 4.52 Å². The van der Waals surface area contributed by atoms with E-state index in [0.717, 1.165) is 42.5 Å². The Balaban J connectivity index is 1.53. The van der Waals surface area contributed by atoms with Crippen molar-refractivity contribution in [2.45, 2.75) is 25.7 Å². The number of carbonyl (C=O) groups excluding carboxylic acids is 1. The third-order valence-electron chi connectivity index (χ3n) is 4.15. The molecule has 0 radical (unpaired) electrons. The summed E-state index contributed by atoms with van der Waals surface area (Å²) < 4.78 is 18.2. The molecule has 1 aromatic carbocycles. The van der Waals surface area contributed by atoms with Gasteiger partial charge in [-0.3, -0.25) is 15.2 Å². The van der Waals surface area contributed by atoms with Crippen LogP contribution in [0.15, 0.2) is 34.9 Å². The van der Waals surface area contributed by atoms with E-state index >= 15 is 0 Å². The molecule has 0 spiro atoms. The summed E-state index contributed by atoms with van der Waals surface area (Å²) >= 11 is 0. The number of hydrogen-bond donors (Lipinski definition) is 2. The Morgan fingerprint density at radius 3 is 2.83 bits per heavy atom. The Morgan fingerprint density at radius 2 is 2.00 bits per heavy atom. The monoisotopic (exact) mass is 326 g/mol. The van der Waals surface area contributed by atoms with Crippen molar-refractivity contribution in [3.8, 4) is 11.3 Å².